The second-order valence-corrected chi connectivity index (χ2v) is 5.61. The van der Waals surface area contributed by atoms with Gasteiger partial charge in [-0.25, -0.2) is 0 Å². The monoisotopic (exact) mass is 272 g/mol. The molecule has 0 spiro atoms. The Morgan fingerprint density at radius 2 is 2.25 bits per heavy atom. The van der Waals surface area contributed by atoms with E-state index in [2.05, 4.69) is 35.7 Å². The Kier molecular flexibility index (Phi) is 5.22. The topological polar surface area (TPSA) is 32.3 Å². The largest absolute Gasteiger partial charge is 0.385 e. The minimum Gasteiger partial charge on any atom is -0.385 e. The summed E-state index contributed by atoms with van der Waals surface area (Å²) in [6.07, 6.45) is 8.22. The van der Waals surface area contributed by atoms with Gasteiger partial charge in [-0.1, -0.05) is 24.3 Å². The van der Waals surface area contributed by atoms with Crippen molar-refractivity contribution in [1.82, 2.24) is 4.90 Å². The van der Waals surface area contributed by atoms with Gasteiger partial charge in [0.15, 0.2) is 0 Å². The first kappa shape index (κ1) is 14.6. The highest BCUT2D eigenvalue weighted by Gasteiger charge is 2.09. The van der Waals surface area contributed by atoms with E-state index in [1.807, 2.05) is 13.1 Å². The number of amides is 1. The molecule has 1 unspecified atom stereocenters. The van der Waals surface area contributed by atoms with Gasteiger partial charge in [-0.2, -0.15) is 0 Å². The molecular formula is C17H24N2O. The van der Waals surface area contributed by atoms with Crippen molar-refractivity contribution in [3.8, 4) is 0 Å². The van der Waals surface area contributed by atoms with Gasteiger partial charge in [-0.15, -0.1) is 0 Å². The van der Waals surface area contributed by atoms with Crippen LogP contribution in [0.5, 0.6) is 0 Å². The van der Waals surface area contributed by atoms with Crippen LogP contribution in [-0.4, -0.2) is 24.4 Å². The molecule has 20 heavy (non-hydrogen) atoms. The number of anilines is 1. The smallest absolute Gasteiger partial charge is 0.219 e. The molecule has 0 saturated heterocycles. The maximum absolute atomic E-state index is 11.3. The molecule has 0 saturated carbocycles. The number of hydrogen-bond acceptors (Lipinski definition) is 2. The zero-order chi connectivity index (χ0) is 14.4. The van der Waals surface area contributed by atoms with Crippen LogP contribution in [0.1, 0.15) is 31.7 Å². The lowest BCUT2D eigenvalue weighted by molar-refractivity contribution is -0.128. The molecule has 0 aromatic heterocycles. The number of nitrogens with one attached hydrogen (secondary N) is 1. The fraction of sp³-hybridized carbons (Fsp3) is 0.471. The molecule has 0 aliphatic heterocycles. The first-order chi connectivity index (χ1) is 9.65. The molecule has 1 N–H and O–H groups in total. The highest BCUT2D eigenvalue weighted by molar-refractivity contribution is 5.72. The van der Waals surface area contributed by atoms with E-state index in [0.717, 1.165) is 23.7 Å². The Labute approximate surface area is 121 Å². The molecule has 1 aromatic rings. The summed E-state index contributed by atoms with van der Waals surface area (Å²) in [5.74, 6) is 0.834. The number of hydrogen-bond donors (Lipinski definition) is 1. The van der Waals surface area contributed by atoms with Crippen molar-refractivity contribution >= 4 is 11.6 Å². The van der Waals surface area contributed by atoms with Gasteiger partial charge in [-0.3, -0.25) is 4.79 Å². The van der Waals surface area contributed by atoms with E-state index in [4.69, 9.17) is 0 Å². The Hall–Kier alpha value is -1.77. The molecule has 0 bridgehead atoms. The predicted octanol–water partition coefficient (Wildman–Crippen LogP) is 3.43. The zero-order valence-corrected chi connectivity index (χ0v) is 12.4. The van der Waals surface area contributed by atoms with Gasteiger partial charge in [0.2, 0.25) is 5.91 Å². The second kappa shape index (κ2) is 7.13. The Morgan fingerprint density at radius 3 is 2.95 bits per heavy atom. The Bertz CT molecular complexity index is 482. The van der Waals surface area contributed by atoms with Crippen LogP contribution in [0.15, 0.2) is 36.4 Å². The number of benzene rings is 1. The van der Waals surface area contributed by atoms with E-state index < -0.39 is 0 Å². The lowest BCUT2D eigenvalue weighted by Crippen LogP contribution is -2.23. The van der Waals surface area contributed by atoms with E-state index in [1.54, 1.807) is 11.8 Å². The summed E-state index contributed by atoms with van der Waals surface area (Å²) in [6.45, 7) is 3.28. The van der Waals surface area contributed by atoms with Crippen molar-refractivity contribution in [2.75, 3.05) is 18.9 Å². The van der Waals surface area contributed by atoms with E-state index in [0.29, 0.717) is 6.54 Å². The third-order valence-electron chi connectivity index (χ3n) is 3.86. The average molecular weight is 272 g/mol. The van der Waals surface area contributed by atoms with Crippen LogP contribution in [0.3, 0.4) is 0 Å². The summed E-state index contributed by atoms with van der Waals surface area (Å²) >= 11 is 0. The lowest BCUT2D eigenvalue weighted by Gasteiger charge is -2.19. The van der Waals surface area contributed by atoms with E-state index in [-0.39, 0.29) is 5.91 Å². The summed E-state index contributed by atoms with van der Waals surface area (Å²) in [6, 6.07) is 8.34. The fourth-order valence-corrected chi connectivity index (χ4v) is 2.47. The molecule has 1 amide bonds. The highest BCUT2D eigenvalue weighted by Crippen LogP contribution is 2.19. The summed E-state index contributed by atoms with van der Waals surface area (Å²) in [5, 5.41) is 3.52. The maximum atomic E-state index is 11.3. The molecule has 1 aliphatic carbocycles. The maximum Gasteiger partial charge on any atom is 0.219 e. The molecule has 1 atom stereocenters. The van der Waals surface area contributed by atoms with Crippen molar-refractivity contribution < 1.29 is 4.79 Å². The van der Waals surface area contributed by atoms with Crippen LogP contribution in [0.2, 0.25) is 0 Å². The quantitative estimate of drug-likeness (QED) is 0.833. The molecule has 2 rings (SSSR count). The SMILES string of the molecule is CC(=O)N(C)Cc1cccc(NCC2CC=CCC2)c1. The lowest BCUT2D eigenvalue weighted by atomic mass is 9.94. The number of nitrogens with zero attached hydrogens (tertiary/aromatic N) is 1. The van der Waals surface area contributed by atoms with Crippen molar-refractivity contribution in [3.05, 3.63) is 42.0 Å². The molecule has 1 aromatic carbocycles. The fourth-order valence-electron chi connectivity index (χ4n) is 2.47. The van der Waals surface area contributed by atoms with Crippen LogP contribution in [0.4, 0.5) is 5.69 Å². The summed E-state index contributed by atoms with van der Waals surface area (Å²) in [7, 11) is 1.83. The van der Waals surface area contributed by atoms with Gasteiger partial charge in [0, 0.05) is 32.7 Å². The molecule has 3 heteroatoms. The van der Waals surface area contributed by atoms with Crippen molar-refractivity contribution in [1.29, 1.82) is 0 Å². The van der Waals surface area contributed by atoms with Crippen LogP contribution >= 0.6 is 0 Å². The van der Waals surface area contributed by atoms with Gasteiger partial charge in [0.25, 0.3) is 0 Å². The van der Waals surface area contributed by atoms with Gasteiger partial charge >= 0.3 is 0 Å². The van der Waals surface area contributed by atoms with Crippen LogP contribution in [0.25, 0.3) is 0 Å². The second-order valence-electron chi connectivity index (χ2n) is 5.61. The normalized spacial score (nSPS) is 17.8. The van der Waals surface area contributed by atoms with Crippen molar-refractivity contribution in [2.24, 2.45) is 5.92 Å². The molecule has 108 valence electrons. The van der Waals surface area contributed by atoms with Crippen LogP contribution < -0.4 is 5.32 Å². The Morgan fingerprint density at radius 1 is 1.40 bits per heavy atom. The van der Waals surface area contributed by atoms with Gasteiger partial charge in [-0.05, 0) is 42.9 Å². The highest BCUT2D eigenvalue weighted by atomic mass is 16.2. The molecule has 3 nitrogen and oxygen atoms in total. The van der Waals surface area contributed by atoms with E-state index in [1.165, 1.54) is 19.3 Å². The minimum absolute atomic E-state index is 0.0948. The molecule has 1 aliphatic rings. The summed E-state index contributed by atoms with van der Waals surface area (Å²) in [4.78, 5) is 13.0. The summed E-state index contributed by atoms with van der Waals surface area (Å²) in [5.41, 5.74) is 2.31. The zero-order valence-electron chi connectivity index (χ0n) is 12.4. The summed E-state index contributed by atoms with van der Waals surface area (Å²) < 4.78 is 0. The van der Waals surface area contributed by atoms with E-state index >= 15 is 0 Å². The number of rotatable bonds is 5. The first-order valence-electron chi connectivity index (χ1n) is 7.34. The third kappa shape index (κ3) is 4.41. The standard InChI is InChI=1S/C17H24N2O/c1-14(20)19(2)13-16-9-6-10-17(11-16)18-12-15-7-4-3-5-8-15/h3-4,6,9-11,15,18H,5,7-8,12-13H2,1-2H3. The predicted molar refractivity (Wildman–Crippen MR) is 83.6 cm³/mol. The van der Waals surface area contributed by atoms with Crippen molar-refractivity contribution in [2.45, 2.75) is 32.7 Å². The first-order valence-corrected chi connectivity index (χ1v) is 7.34. The van der Waals surface area contributed by atoms with Gasteiger partial charge < -0.3 is 10.2 Å². The van der Waals surface area contributed by atoms with E-state index in [9.17, 15) is 4.79 Å². The Balaban J connectivity index is 1.88. The average Bonchev–Trinajstić information content (AvgIpc) is 2.46. The number of carbonyl (C=O) groups excluding carboxylic acids is 1. The number of carbonyl (C=O) groups is 1. The molecule has 0 heterocycles. The molecular weight excluding hydrogens is 248 g/mol. The molecule has 0 fully saturated rings. The minimum atomic E-state index is 0.0948. The van der Waals surface area contributed by atoms with Crippen LogP contribution in [-0.2, 0) is 11.3 Å². The van der Waals surface area contributed by atoms with Gasteiger partial charge in [0.1, 0.15) is 0 Å². The molecule has 0 radical (unpaired) electrons. The number of allylic oxidation sites excluding steroid dienone is 2. The van der Waals surface area contributed by atoms with Crippen LogP contribution in [0, 0.1) is 5.92 Å². The third-order valence-corrected chi connectivity index (χ3v) is 3.86. The van der Waals surface area contributed by atoms with Gasteiger partial charge in [0.05, 0.1) is 0 Å². The van der Waals surface area contributed by atoms with Crippen molar-refractivity contribution in [3.63, 3.8) is 0 Å².